The number of nitrogens with one attached hydrogen (secondary N) is 1. The highest BCUT2D eigenvalue weighted by Crippen LogP contribution is 2.57. The van der Waals surface area contributed by atoms with E-state index >= 15 is 0 Å². The number of nitrogens with zero attached hydrogens (tertiary/aromatic N) is 3. The normalized spacial score (nSPS) is 33.7. The standard InChI is InChI=1S/C24H32N4O3S/c29-32(30,19-3-4-19)27-24-26-25-23-12-22(21(13-28(23)24)16-1-2-16)31-6-5-20-17-8-14-7-15(10-17)11-18(20)9-14/h12-20H,1-11H2,(H,26,27). The van der Waals surface area contributed by atoms with Crippen LogP contribution in [0.15, 0.2) is 12.3 Å². The third-order valence-corrected chi connectivity index (χ3v) is 10.7. The first-order chi connectivity index (χ1) is 15.5. The van der Waals surface area contributed by atoms with Gasteiger partial charge in [-0.15, -0.1) is 10.2 Å². The number of sulfonamides is 1. The molecule has 0 atom stereocenters. The summed E-state index contributed by atoms with van der Waals surface area (Å²) < 4.78 is 35.6. The molecular formula is C24H32N4O3S. The Kier molecular flexibility index (Phi) is 4.34. The van der Waals surface area contributed by atoms with Crippen LogP contribution in [0.4, 0.5) is 5.95 Å². The molecule has 0 saturated heterocycles. The summed E-state index contributed by atoms with van der Waals surface area (Å²) >= 11 is 0. The first-order valence-electron chi connectivity index (χ1n) is 12.6. The van der Waals surface area contributed by atoms with Crippen molar-refractivity contribution in [2.75, 3.05) is 11.3 Å². The number of anilines is 1. The second-order valence-corrected chi connectivity index (χ2v) is 13.2. The Balaban J connectivity index is 1.09. The summed E-state index contributed by atoms with van der Waals surface area (Å²) in [5.74, 6) is 6.41. The SMILES string of the molecule is O=S(=O)(Nc1nnc2cc(OCCC3C4CC5CC(C4)CC3C5)c(C3CC3)cn12)C1CC1. The maximum absolute atomic E-state index is 12.4. The molecule has 7 nitrogen and oxygen atoms in total. The molecule has 8 rings (SSSR count). The number of pyridine rings is 1. The largest absolute Gasteiger partial charge is 0.493 e. The van der Waals surface area contributed by atoms with Gasteiger partial charge in [-0.1, -0.05) is 0 Å². The van der Waals surface area contributed by atoms with E-state index in [1.165, 1.54) is 32.1 Å². The van der Waals surface area contributed by atoms with E-state index in [1.54, 1.807) is 4.40 Å². The van der Waals surface area contributed by atoms with Crippen molar-refractivity contribution in [1.82, 2.24) is 14.6 Å². The summed E-state index contributed by atoms with van der Waals surface area (Å²) in [6.07, 6.45) is 14.2. The molecule has 1 N–H and O–H groups in total. The van der Waals surface area contributed by atoms with Gasteiger partial charge < -0.3 is 4.74 Å². The van der Waals surface area contributed by atoms with Crippen LogP contribution >= 0.6 is 0 Å². The van der Waals surface area contributed by atoms with Crippen LogP contribution in [-0.4, -0.2) is 34.9 Å². The van der Waals surface area contributed by atoms with Crippen LogP contribution < -0.4 is 9.46 Å². The van der Waals surface area contributed by atoms with Crippen molar-refractivity contribution in [2.45, 2.75) is 75.4 Å². The Morgan fingerprint density at radius 1 is 1.00 bits per heavy atom. The minimum absolute atomic E-state index is 0.286. The van der Waals surface area contributed by atoms with E-state index in [4.69, 9.17) is 4.74 Å². The fraction of sp³-hybridized carbons (Fsp3) is 0.750. The molecule has 172 valence electrons. The van der Waals surface area contributed by atoms with E-state index in [0.29, 0.717) is 11.6 Å². The quantitative estimate of drug-likeness (QED) is 0.638. The van der Waals surface area contributed by atoms with E-state index in [9.17, 15) is 8.42 Å². The van der Waals surface area contributed by atoms with Crippen LogP contribution in [-0.2, 0) is 10.0 Å². The molecule has 4 bridgehead atoms. The monoisotopic (exact) mass is 456 g/mol. The highest BCUT2D eigenvalue weighted by atomic mass is 32.2. The van der Waals surface area contributed by atoms with Gasteiger partial charge in [0.05, 0.1) is 11.9 Å². The molecule has 0 aromatic carbocycles. The molecule has 0 spiro atoms. The van der Waals surface area contributed by atoms with Gasteiger partial charge in [0.15, 0.2) is 5.65 Å². The number of hydrogen-bond donors (Lipinski definition) is 1. The van der Waals surface area contributed by atoms with Gasteiger partial charge in [0.25, 0.3) is 0 Å². The van der Waals surface area contributed by atoms with Gasteiger partial charge in [-0.2, -0.15) is 0 Å². The Labute approximate surface area is 189 Å². The first kappa shape index (κ1) is 19.6. The number of aromatic nitrogens is 3. The van der Waals surface area contributed by atoms with Crippen molar-refractivity contribution < 1.29 is 13.2 Å². The lowest BCUT2D eigenvalue weighted by molar-refractivity contribution is -0.0436. The van der Waals surface area contributed by atoms with Gasteiger partial charge in [0.1, 0.15) is 5.75 Å². The molecule has 2 heterocycles. The average Bonchev–Trinajstić information content (AvgIpc) is 3.66. The number of ether oxygens (including phenoxy) is 1. The van der Waals surface area contributed by atoms with Gasteiger partial charge in [0.2, 0.25) is 16.0 Å². The minimum Gasteiger partial charge on any atom is -0.493 e. The maximum atomic E-state index is 12.4. The van der Waals surface area contributed by atoms with Crippen molar-refractivity contribution in [2.24, 2.45) is 29.6 Å². The first-order valence-corrected chi connectivity index (χ1v) is 14.1. The minimum atomic E-state index is -3.37. The molecule has 6 saturated carbocycles. The lowest BCUT2D eigenvalue weighted by Crippen LogP contribution is -2.45. The molecule has 0 amide bonds. The second kappa shape index (κ2) is 7.08. The van der Waals surface area contributed by atoms with Gasteiger partial charge in [-0.05, 0) is 99.7 Å². The summed E-state index contributed by atoms with van der Waals surface area (Å²) in [5.41, 5.74) is 1.79. The predicted octanol–water partition coefficient (Wildman–Crippen LogP) is 4.35. The molecular weight excluding hydrogens is 424 g/mol. The Hall–Kier alpha value is -1.83. The number of fused-ring (bicyclic) bond motifs is 1. The third-order valence-electron chi connectivity index (χ3n) is 8.88. The lowest BCUT2D eigenvalue weighted by Gasteiger charge is -2.54. The molecule has 32 heavy (non-hydrogen) atoms. The molecule has 8 heteroatoms. The summed E-state index contributed by atoms with van der Waals surface area (Å²) in [6, 6.07) is 1.95. The van der Waals surface area contributed by atoms with E-state index in [0.717, 1.165) is 79.6 Å². The molecule has 0 aliphatic heterocycles. The maximum Gasteiger partial charge on any atom is 0.242 e. The summed E-state index contributed by atoms with van der Waals surface area (Å²) in [6.45, 7) is 0.762. The van der Waals surface area contributed by atoms with Gasteiger partial charge in [-0.25, -0.2) is 8.42 Å². The zero-order valence-corrected chi connectivity index (χ0v) is 19.3. The van der Waals surface area contributed by atoms with E-state index < -0.39 is 10.0 Å². The van der Waals surface area contributed by atoms with Crippen LogP contribution in [0.25, 0.3) is 5.65 Å². The Bertz CT molecular complexity index is 1120. The fourth-order valence-electron chi connectivity index (χ4n) is 7.23. The van der Waals surface area contributed by atoms with Crippen molar-refractivity contribution in [3.63, 3.8) is 0 Å². The van der Waals surface area contributed by atoms with Crippen molar-refractivity contribution in [1.29, 1.82) is 0 Å². The average molecular weight is 457 g/mol. The topological polar surface area (TPSA) is 85.6 Å². The van der Waals surface area contributed by atoms with Gasteiger partial charge in [0, 0.05) is 17.8 Å². The van der Waals surface area contributed by atoms with E-state index in [2.05, 4.69) is 14.9 Å². The van der Waals surface area contributed by atoms with Crippen molar-refractivity contribution in [3.05, 3.63) is 17.8 Å². The summed E-state index contributed by atoms with van der Waals surface area (Å²) in [7, 11) is -3.37. The van der Waals surface area contributed by atoms with Crippen molar-refractivity contribution in [3.8, 4) is 5.75 Å². The highest BCUT2D eigenvalue weighted by molar-refractivity contribution is 7.93. The van der Waals surface area contributed by atoms with Crippen LogP contribution in [0.3, 0.4) is 0 Å². The predicted molar refractivity (Wildman–Crippen MR) is 121 cm³/mol. The molecule has 6 aliphatic rings. The molecule has 0 unspecified atom stereocenters. The van der Waals surface area contributed by atoms with Crippen LogP contribution in [0.2, 0.25) is 0 Å². The van der Waals surface area contributed by atoms with Gasteiger partial charge in [-0.3, -0.25) is 9.12 Å². The summed E-state index contributed by atoms with van der Waals surface area (Å²) in [4.78, 5) is 0. The van der Waals surface area contributed by atoms with Crippen molar-refractivity contribution >= 4 is 21.6 Å². The van der Waals surface area contributed by atoms with Crippen LogP contribution in [0.5, 0.6) is 5.75 Å². The fourth-order valence-corrected chi connectivity index (χ4v) is 8.55. The smallest absolute Gasteiger partial charge is 0.242 e. The van der Waals surface area contributed by atoms with E-state index in [-0.39, 0.29) is 11.2 Å². The molecule has 6 fully saturated rings. The molecule has 0 radical (unpaired) electrons. The number of hydrogen-bond acceptors (Lipinski definition) is 5. The Morgan fingerprint density at radius 2 is 1.72 bits per heavy atom. The number of rotatable bonds is 8. The highest BCUT2D eigenvalue weighted by Gasteiger charge is 2.47. The summed E-state index contributed by atoms with van der Waals surface area (Å²) in [5, 5.41) is 8.06. The van der Waals surface area contributed by atoms with Gasteiger partial charge >= 0.3 is 0 Å². The lowest BCUT2D eigenvalue weighted by atomic mass is 9.51. The zero-order chi connectivity index (χ0) is 21.4. The second-order valence-electron chi connectivity index (χ2n) is 11.2. The van der Waals surface area contributed by atoms with Crippen LogP contribution in [0, 0.1) is 29.6 Å². The molecule has 6 aliphatic carbocycles. The Morgan fingerprint density at radius 3 is 2.38 bits per heavy atom. The molecule has 2 aromatic rings. The zero-order valence-electron chi connectivity index (χ0n) is 18.4. The third kappa shape index (κ3) is 3.40. The van der Waals surface area contributed by atoms with Crippen LogP contribution in [0.1, 0.15) is 75.7 Å². The van der Waals surface area contributed by atoms with E-state index in [1.807, 2.05) is 12.3 Å². The molecule has 2 aromatic heterocycles.